The molecule has 0 radical (unpaired) electrons. The maximum atomic E-state index is 11.2. The minimum atomic E-state index is -3.39. The van der Waals surface area contributed by atoms with Gasteiger partial charge in [0.2, 0.25) is 9.05 Å². The monoisotopic (exact) mass is 230 g/mol. The lowest BCUT2D eigenvalue weighted by atomic mass is 9.79. The highest BCUT2D eigenvalue weighted by Gasteiger charge is 2.40. The van der Waals surface area contributed by atoms with Crippen LogP contribution in [-0.4, -0.2) is 13.7 Å². The highest BCUT2D eigenvalue weighted by Crippen LogP contribution is 2.42. The van der Waals surface area contributed by atoms with Crippen LogP contribution in [0, 0.1) is 0 Å². The van der Waals surface area contributed by atoms with E-state index in [9.17, 15) is 8.42 Å². The normalized spacial score (nSPS) is 26.9. The molecule has 14 heavy (non-hydrogen) atoms. The molecule has 1 aromatic rings. The van der Waals surface area contributed by atoms with Gasteiger partial charge in [0.05, 0.1) is 5.25 Å². The van der Waals surface area contributed by atoms with Crippen molar-refractivity contribution in [2.75, 3.05) is 0 Å². The smallest absolute Gasteiger partial charge is 0.212 e. The topological polar surface area (TPSA) is 34.1 Å². The molecule has 2 nitrogen and oxygen atoms in total. The average molecular weight is 231 g/mol. The Balaban J connectivity index is 2.23. The van der Waals surface area contributed by atoms with Crippen molar-refractivity contribution in [2.45, 2.75) is 24.0 Å². The Morgan fingerprint density at radius 3 is 2.21 bits per heavy atom. The van der Waals surface area contributed by atoms with E-state index in [1.54, 1.807) is 0 Å². The predicted octanol–water partition coefficient (Wildman–Crippen LogP) is 2.50. The summed E-state index contributed by atoms with van der Waals surface area (Å²) >= 11 is 0. The second-order valence-electron chi connectivity index (χ2n) is 3.61. The fourth-order valence-corrected chi connectivity index (χ4v) is 3.63. The number of hydrogen-bond donors (Lipinski definition) is 0. The van der Waals surface area contributed by atoms with Crippen molar-refractivity contribution < 1.29 is 8.42 Å². The molecule has 2 rings (SSSR count). The quantitative estimate of drug-likeness (QED) is 0.732. The van der Waals surface area contributed by atoms with Crippen molar-refractivity contribution in [3.8, 4) is 0 Å². The fourth-order valence-electron chi connectivity index (χ4n) is 1.89. The molecule has 1 saturated carbocycles. The van der Waals surface area contributed by atoms with Crippen molar-refractivity contribution in [1.82, 2.24) is 0 Å². The molecule has 1 fully saturated rings. The van der Waals surface area contributed by atoms with Crippen LogP contribution in [-0.2, 0) is 9.05 Å². The summed E-state index contributed by atoms with van der Waals surface area (Å²) in [5.41, 5.74) is 1.08. The highest BCUT2D eigenvalue weighted by molar-refractivity contribution is 8.14. The second-order valence-corrected chi connectivity index (χ2v) is 6.46. The summed E-state index contributed by atoms with van der Waals surface area (Å²) in [5, 5.41) is -0.383. The summed E-state index contributed by atoms with van der Waals surface area (Å²) in [6, 6.07) is 9.68. The largest absolute Gasteiger partial charge is 0.236 e. The molecule has 0 aromatic heterocycles. The zero-order valence-corrected chi connectivity index (χ0v) is 9.13. The Bertz CT molecular complexity index is 413. The van der Waals surface area contributed by atoms with Crippen LogP contribution in [0.25, 0.3) is 0 Å². The molecule has 0 saturated heterocycles. The standard InChI is InChI=1S/C10H11ClO2S/c11-14(12,13)10-7-6-9(10)8-4-2-1-3-5-8/h1-5,9-10H,6-7H2. The van der Waals surface area contributed by atoms with E-state index in [1.165, 1.54) is 0 Å². The molecule has 76 valence electrons. The van der Waals surface area contributed by atoms with Crippen LogP contribution in [0.15, 0.2) is 30.3 Å². The molecular formula is C10H11ClO2S. The molecule has 2 unspecified atom stereocenters. The lowest BCUT2D eigenvalue weighted by Crippen LogP contribution is -2.34. The van der Waals surface area contributed by atoms with E-state index in [0.29, 0.717) is 6.42 Å². The van der Waals surface area contributed by atoms with Crippen LogP contribution in [0.3, 0.4) is 0 Å². The molecule has 2 atom stereocenters. The van der Waals surface area contributed by atoms with Gasteiger partial charge in [-0.1, -0.05) is 30.3 Å². The van der Waals surface area contributed by atoms with Gasteiger partial charge in [0.15, 0.2) is 0 Å². The van der Waals surface area contributed by atoms with Crippen LogP contribution in [0.5, 0.6) is 0 Å². The molecular weight excluding hydrogens is 220 g/mol. The van der Waals surface area contributed by atoms with E-state index in [0.717, 1.165) is 12.0 Å². The maximum Gasteiger partial charge on any atom is 0.236 e. The summed E-state index contributed by atoms with van der Waals surface area (Å²) < 4.78 is 22.3. The first-order valence-electron chi connectivity index (χ1n) is 4.57. The summed E-state index contributed by atoms with van der Waals surface area (Å²) in [6.07, 6.45) is 1.60. The maximum absolute atomic E-state index is 11.2. The van der Waals surface area contributed by atoms with E-state index in [1.807, 2.05) is 30.3 Å². The lowest BCUT2D eigenvalue weighted by molar-refractivity contribution is 0.415. The first-order valence-corrected chi connectivity index (χ1v) is 6.95. The molecule has 0 bridgehead atoms. The van der Waals surface area contributed by atoms with Crippen molar-refractivity contribution in [2.24, 2.45) is 0 Å². The van der Waals surface area contributed by atoms with Gasteiger partial charge in [-0.05, 0) is 18.4 Å². The number of halogens is 1. The third-order valence-corrected chi connectivity index (χ3v) is 4.77. The van der Waals surface area contributed by atoms with Crippen molar-refractivity contribution in [1.29, 1.82) is 0 Å². The summed E-state index contributed by atoms with van der Waals surface area (Å²) in [6.45, 7) is 0. The average Bonchev–Trinajstić information content (AvgIpc) is 2.00. The molecule has 1 aliphatic carbocycles. The zero-order valence-electron chi connectivity index (χ0n) is 7.56. The van der Waals surface area contributed by atoms with Crippen LogP contribution in [0.1, 0.15) is 24.3 Å². The van der Waals surface area contributed by atoms with E-state index in [-0.39, 0.29) is 11.2 Å². The molecule has 0 N–H and O–H groups in total. The Labute approximate surface area is 88.3 Å². The number of benzene rings is 1. The molecule has 0 spiro atoms. The van der Waals surface area contributed by atoms with E-state index in [4.69, 9.17) is 10.7 Å². The van der Waals surface area contributed by atoms with Gasteiger partial charge in [0, 0.05) is 16.6 Å². The van der Waals surface area contributed by atoms with Crippen molar-refractivity contribution in [3.63, 3.8) is 0 Å². The zero-order chi connectivity index (χ0) is 10.2. The van der Waals surface area contributed by atoms with E-state index in [2.05, 4.69) is 0 Å². The van der Waals surface area contributed by atoms with E-state index >= 15 is 0 Å². The molecule has 1 aromatic carbocycles. The minimum absolute atomic E-state index is 0.0960. The first-order chi connectivity index (χ1) is 6.59. The Kier molecular flexibility index (Phi) is 2.54. The molecule has 0 amide bonds. The van der Waals surface area contributed by atoms with Gasteiger partial charge < -0.3 is 0 Å². The van der Waals surface area contributed by atoms with Gasteiger partial charge in [-0.25, -0.2) is 8.42 Å². The second kappa shape index (κ2) is 3.55. The number of hydrogen-bond acceptors (Lipinski definition) is 2. The Morgan fingerprint density at radius 1 is 1.14 bits per heavy atom. The Hall–Kier alpha value is -0.540. The third kappa shape index (κ3) is 1.79. The van der Waals surface area contributed by atoms with Crippen molar-refractivity contribution >= 4 is 19.7 Å². The molecule has 4 heteroatoms. The molecule has 1 aliphatic rings. The van der Waals surface area contributed by atoms with Crippen LogP contribution in [0.2, 0.25) is 0 Å². The van der Waals surface area contributed by atoms with Gasteiger partial charge in [0.1, 0.15) is 0 Å². The van der Waals surface area contributed by atoms with Gasteiger partial charge >= 0.3 is 0 Å². The van der Waals surface area contributed by atoms with Crippen LogP contribution < -0.4 is 0 Å². The summed E-state index contributed by atoms with van der Waals surface area (Å²) in [7, 11) is 1.96. The van der Waals surface area contributed by atoms with Crippen LogP contribution >= 0.6 is 10.7 Å². The first kappa shape index (κ1) is 9.99. The molecule has 0 aliphatic heterocycles. The van der Waals surface area contributed by atoms with Crippen molar-refractivity contribution in [3.05, 3.63) is 35.9 Å². The van der Waals surface area contributed by atoms with Gasteiger partial charge in [-0.15, -0.1) is 0 Å². The summed E-state index contributed by atoms with van der Waals surface area (Å²) in [4.78, 5) is 0. The van der Waals surface area contributed by atoms with Gasteiger partial charge in [-0.3, -0.25) is 0 Å². The van der Waals surface area contributed by atoms with E-state index < -0.39 is 9.05 Å². The fraction of sp³-hybridized carbons (Fsp3) is 0.400. The van der Waals surface area contributed by atoms with Gasteiger partial charge in [-0.2, -0.15) is 0 Å². The Morgan fingerprint density at radius 2 is 1.79 bits per heavy atom. The third-order valence-electron chi connectivity index (χ3n) is 2.80. The predicted molar refractivity (Wildman–Crippen MR) is 57.0 cm³/mol. The number of rotatable bonds is 2. The van der Waals surface area contributed by atoms with Gasteiger partial charge in [0.25, 0.3) is 0 Å². The minimum Gasteiger partial charge on any atom is -0.212 e. The lowest BCUT2D eigenvalue weighted by Gasteiger charge is -2.34. The van der Waals surface area contributed by atoms with Crippen LogP contribution in [0.4, 0.5) is 0 Å². The summed E-state index contributed by atoms with van der Waals surface area (Å²) in [5.74, 6) is 0.0960. The molecule has 0 heterocycles. The highest BCUT2D eigenvalue weighted by atomic mass is 35.7. The SMILES string of the molecule is O=S(=O)(Cl)C1CCC1c1ccccc1.